The molecule has 6 nitrogen and oxygen atoms in total. The summed E-state index contributed by atoms with van der Waals surface area (Å²) in [6, 6.07) is 15.1. The largest absolute Gasteiger partial charge is 0.482 e. The van der Waals surface area contributed by atoms with E-state index in [1.165, 1.54) is 0 Å². The van der Waals surface area contributed by atoms with Crippen molar-refractivity contribution in [1.82, 2.24) is 5.32 Å². The normalized spacial score (nSPS) is 12.6. The summed E-state index contributed by atoms with van der Waals surface area (Å²) >= 11 is 0. The van der Waals surface area contributed by atoms with Gasteiger partial charge in [-0.3, -0.25) is 9.59 Å². The van der Waals surface area contributed by atoms with Crippen LogP contribution in [0, 0.1) is 0 Å². The minimum absolute atomic E-state index is 0. The molecule has 0 radical (unpaired) electrons. The molecule has 0 bridgehead atoms. The fraction of sp³-hybridized carbons (Fsp3) is 0.300. The van der Waals surface area contributed by atoms with Crippen LogP contribution in [0.4, 0.5) is 11.4 Å². The fourth-order valence-corrected chi connectivity index (χ4v) is 2.88. The molecule has 2 amide bonds. The number of halogens is 1. The maximum atomic E-state index is 12.4. The summed E-state index contributed by atoms with van der Waals surface area (Å²) in [6.45, 7) is 3.92. The molecule has 0 unspecified atom stereocenters. The number of carbonyl (C=O) groups is 2. The molecule has 2 aromatic carbocycles. The molecule has 7 heteroatoms. The SMILES string of the molecule is CCNCc1ccccc1NC(=O)CCN1C(=O)COc2ccccc21.Cl. The van der Waals surface area contributed by atoms with E-state index in [2.05, 4.69) is 10.6 Å². The van der Waals surface area contributed by atoms with Gasteiger partial charge in [0.25, 0.3) is 5.91 Å². The van der Waals surface area contributed by atoms with Crippen molar-refractivity contribution < 1.29 is 14.3 Å². The van der Waals surface area contributed by atoms with Gasteiger partial charge in [-0.05, 0) is 30.3 Å². The molecule has 27 heavy (non-hydrogen) atoms. The number of benzene rings is 2. The quantitative estimate of drug-likeness (QED) is 0.763. The summed E-state index contributed by atoms with van der Waals surface area (Å²) < 4.78 is 5.42. The van der Waals surface area contributed by atoms with Crippen LogP contribution in [-0.2, 0) is 16.1 Å². The highest BCUT2D eigenvalue weighted by Crippen LogP contribution is 2.31. The second kappa shape index (κ2) is 9.94. The van der Waals surface area contributed by atoms with E-state index in [0.717, 1.165) is 17.8 Å². The van der Waals surface area contributed by atoms with E-state index in [9.17, 15) is 9.59 Å². The summed E-state index contributed by atoms with van der Waals surface area (Å²) in [7, 11) is 0. The number of hydrogen-bond donors (Lipinski definition) is 2. The van der Waals surface area contributed by atoms with E-state index >= 15 is 0 Å². The van der Waals surface area contributed by atoms with Gasteiger partial charge in [-0.1, -0.05) is 37.3 Å². The number of nitrogens with zero attached hydrogens (tertiary/aromatic N) is 1. The number of para-hydroxylation sites is 3. The predicted octanol–water partition coefficient (Wildman–Crippen LogP) is 2.97. The van der Waals surface area contributed by atoms with Gasteiger partial charge in [-0.15, -0.1) is 12.4 Å². The van der Waals surface area contributed by atoms with E-state index in [0.29, 0.717) is 24.5 Å². The number of nitrogens with one attached hydrogen (secondary N) is 2. The van der Waals surface area contributed by atoms with Crippen molar-refractivity contribution in [2.75, 3.05) is 29.9 Å². The lowest BCUT2D eigenvalue weighted by atomic mass is 10.1. The highest BCUT2D eigenvalue weighted by atomic mass is 35.5. The van der Waals surface area contributed by atoms with Crippen LogP contribution in [-0.4, -0.2) is 31.5 Å². The molecule has 0 saturated carbocycles. The average Bonchev–Trinajstić information content (AvgIpc) is 2.66. The lowest BCUT2D eigenvalue weighted by Gasteiger charge is -2.29. The minimum Gasteiger partial charge on any atom is -0.482 e. The number of amides is 2. The van der Waals surface area contributed by atoms with E-state index in [-0.39, 0.29) is 37.2 Å². The van der Waals surface area contributed by atoms with Gasteiger partial charge in [0, 0.05) is 25.2 Å². The Morgan fingerprint density at radius 2 is 1.89 bits per heavy atom. The first-order chi connectivity index (χ1) is 12.7. The third-order valence-electron chi connectivity index (χ3n) is 4.23. The van der Waals surface area contributed by atoms with Crippen LogP contribution in [0.15, 0.2) is 48.5 Å². The standard InChI is InChI=1S/C20H23N3O3.ClH/c1-2-21-13-15-7-3-4-8-16(15)22-19(24)11-12-23-17-9-5-6-10-18(17)26-14-20(23)25;/h3-10,21H,2,11-14H2,1H3,(H,22,24);1H. The number of ether oxygens (including phenoxy) is 1. The Hall–Kier alpha value is -2.57. The summed E-state index contributed by atoms with van der Waals surface area (Å²) in [6.07, 6.45) is 0.218. The monoisotopic (exact) mass is 389 g/mol. The number of hydrogen-bond acceptors (Lipinski definition) is 4. The number of fused-ring (bicyclic) bond motifs is 1. The van der Waals surface area contributed by atoms with Gasteiger partial charge in [0.15, 0.2) is 6.61 Å². The van der Waals surface area contributed by atoms with Gasteiger partial charge in [-0.2, -0.15) is 0 Å². The van der Waals surface area contributed by atoms with Crippen molar-refractivity contribution in [2.24, 2.45) is 0 Å². The highest BCUT2D eigenvalue weighted by Gasteiger charge is 2.25. The van der Waals surface area contributed by atoms with E-state index in [1.807, 2.05) is 55.5 Å². The van der Waals surface area contributed by atoms with Crippen molar-refractivity contribution in [2.45, 2.75) is 19.9 Å². The van der Waals surface area contributed by atoms with E-state index in [1.54, 1.807) is 4.90 Å². The molecule has 0 aliphatic carbocycles. The molecule has 2 aromatic rings. The zero-order valence-electron chi connectivity index (χ0n) is 15.2. The molecule has 3 rings (SSSR count). The molecule has 1 aliphatic heterocycles. The fourth-order valence-electron chi connectivity index (χ4n) is 2.88. The Morgan fingerprint density at radius 1 is 1.15 bits per heavy atom. The third-order valence-corrected chi connectivity index (χ3v) is 4.23. The summed E-state index contributed by atoms with van der Waals surface area (Å²) in [4.78, 5) is 26.2. The minimum atomic E-state index is -0.135. The van der Waals surface area contributed by atoms with Crippen LogP contribution in [0.25, 0.3) is 0 Å². The number of rotatable bonds is 7. The Labute approximate surface area is 165 Å². The van der Waals surface area contributed by atoms with Crippen molar-refractivity contribution in [3.05, 3.63) is 54.1 Å². The highest BCUT2D eigenvalue weighted by molar-refractivity contribution is 5.99. The Morgan fingerprint density at radius 3 is 2.70 bits per heavy atom. The molecule has 0 spiro atoms. The van der Waals surface area contributed by atoms with Gasteiger partial charge in [-0.25, -0.2) is 0 Å². The zero-order chi connectivity index (χ0) is 18.4. The maximum absolute atomic E-state index is 12.4. The molecule has 0 aromatic heterocycles. The summed E-state index contributed by atoms with van der Waals surface area (Å²) in [5.74, 6) is 0.415. The van der Waals surface area contributed by atoms with Crippen LogP contribution in [0.1, 0.15) is 18.9 Å². The van der Waals surface area contributed by atoms with Crippen LogP contribution >= 0.6 is 12.4 Å². The first-order valence-electron chi connectivity index (χ1n) is 8.79. The third kappa shape index (κ3) is 5.21. The van der Waals surface area contributed by atoms with Gasteiger partial charge >= 0.3 is 0 Å². The molecule has 144 valence electrons. The summed E-state index contributed by atoms with van der Waals surface area (Å²) in [5, 5.41) is 6.21. The average molecular weight is 390 g/mol. The molecule has 1 aliphatic rings. The first kappa shape index (κ1) is 20.7. The van der Waals surface area contributed by atoms with Gasteiger partial charge in [0.2, 0.25) is 5.91 Å². The molecule has 2 N–H and O–H groups in total. The van der Waals surface area contributed by atoms with E-state index in [4.69, 9.17) is 4.74 Å². The predicted molar refractivity (Wildman–Crippen MR) is 109 cm³/mol. The van der Waals surface area contributed by atoms with Gasteiger partial charge < -0.3 is 20.3 Å². The molecule has 0 saturated heterocycles. The summed E-state index contributed by atoms with van der Waals surface area (Å²) in [5.41, 5.74) is 2.55. The Bertz CT molecular complexity index is 798. The molecule has 0 fully saturated rings. The second-order valence-corrected chi connectivity index (χ2v) is 6.04. The first-order valence-corrected chi connectivity index (χ1v) is 8.79. The second-order valence-electron chi connectivity index (χ2n) is 6.04. The number of carbonyl (C=O) groups excluding carboxylic acids is 2. The molecular formula is C20H24ClN3O3. The molecule has 1 heterocycles. The van der Waals surface area contributed by atoms with Gasteiger partial charge in [0.1, 0.15) is 5.75 Å². The van der Waals surface area contributed by atoms with Crippen molar-refractivity contribution in [1.29, 1.82) is 0 Å². The number of anilines is 2. The lowest BCUT2D eigenvalue weighted by Crippen LogP contribution is -2.40. The van der Waals surface area contributed by atoms with Gasteiger partial charge in [0.05, 0.1) is 5.69 Å². The lowest BCUT2D eigenvalue weighted by molar-refractivity contribution is -0.121. The molecular weight excluding hydrogens is 366 g/mol. The van der Waals surface area contributed by atoms with Crippen molar-refractivity contribution in [3.63, 3.8) is 0 Å². The maximum Gasteiger partial charge on any atom is 0.265 e. The Balaban J connectivity index is 0.00000261. The van der Waals surface area contributed by atoms with Crippen molar-refractivity contribution in [3.8, 4) is 5.75 Å². The Kier molecular flexibility index (Phi) is 7.64. The molecule has 0 atom stereocenters. The van der Waals surface area contributed by atoms with E-state index < -0.39 is 0 Å². The zero-order valence-corrected chi connectivity index (χ0v) is 16.1. The van der Waals surface area contributed by atoms with Crippen LogP contribution < -0.4 is 20.3 Å². The van der Waals surface area contributed by atoms with Crippen LogP contribution in [0.2, 0.25) is 0 Å². The van der Waals surface area contributed by atoms with Crippen molar-refractivity contribution >= 4 is 35.6 Å². The topological polar surface area (TPSA) is 70.7 Å². The smallest absolute Gasteiger partial charge is 0.265 e. The van der Waals surface area contributed by atoms with Crippen LogP contribution in [0.5, 0.6) is 5.75 Å². The van der Waals surface area contributed by atoms with Crippen LogP contribution in [0.3, 0.4) is 0 Å².